The molecule has 1 heterocycles. The highest BCUT2D eigenvalue weighted by atomic mass is 16.5. The smallest absolute Gasteiger partial charge is 0.122 e. The van der Waals surface area contributed by atoms with Crippen molar-refractivity contribution in [1.29, 1.82) is 5.53 Å². The highest BCUT2D eigenvalue weighted by Gasteiger charge is 2.12. The maximum absolute atomic E-state index is 9.75. The molecule has 1 saturated heterocycles. The van der Waals surface area contributed by atoms with Crippen LogP contribution in [0, 0.1) is 5.53 Å². The zero-order chi connectivity index (χ0) is 11.4. The molecule has 0 radical (unpaired) electrons. The van der Waals surface area contributed by atoms with E-state index in [1.165, 1.54) is 0 Å². The van der Waals surface area contributed by atoms with E-state index in [-0.39, 0.29) is 12.3 Å². The summed E-state index contributed by atoms with van der Waals surface area (Å²) in [5.41, 5.74) is 8.46. The monoisotopic (exact) mass is 221 g/mol. The lowest BCUT2D eigenvalue weighted by Crippen LogP contribution is -2.36. The zero-order valence-corrected chi connectivity index (χ0v) is 9.02. The lowest BCUT2D eigenvalue weighted by molar-refractivity contribution is 0.122. The Morgan fingerprint density at radius 1 is 1.38 bits per heavy atom. The van der Waals surface area contributed by atoms with Crippen molar-refractivity contribution in [2.45, 2.75) is 6.54 Å². The molecule has 1 aromatic rings. The molecule has 5 nitrogen and oxygen atoms in total. The number of aromatic hydroxyl groups is 1. The second kappa shape index (κ2) is 4.94. The van der Waals surface area contributed by atoms with Gasteiger partial charge >= 0.3 is 0 Å². The molecule has 0 atom stereocenters. The molecular weight excluding hydrogens is 206 g/mol. The van der Waals surface area contributed by atoms with Gasteiger partial charge in [-0.25, -0.2) is 5.53 Å². The molecule has 0 aliphatic carbocycles. The van der Waals surface area contributed by atoms with Crippen LogP contribution in [0.4, 0.5) is 5.69 Å². The van der Waals surface area contributed by atoms with Gasteiger partial charge in [0.1, 0.15) is 5.75 Å². The van der Waals surface area contributed by atoms with E-state index in [1.54, 1.807) is 6.07 Å². The van der Waals surface area contributed by atoms with Crippen LogP contribution in [-0.4, -0.2) is 31.4 Å². The van der Waals surface area contributed by atoms with Crippen LogP contribution in [0.1, 0.15) is 5.56 Å². The Morgan fingerprint density at radius 3 is 2.75 bits per heavy atom. The van der Waals surface area contributed by atoms with Crippen LogP contribution in [0.15, 0.2) is 23.3 Å². The van der Waals surface area contributed by atoms with Crippen LogP contribution >= 0.6 is 0 Å². The molecule has 0 aromatic heterocycles. The molecule has 5 heteroatoms. The normalized spacial score (nSPS) is 16.1. The molecule has 0 spiro atoms. The van der Waals surface area contributed by atoms with E-state index in [9.17, 15) is 5.11 Å². The second-order valence-electron chi connectivity index (χ2n) is 3.73. The van der Waals surface area contributed by atoms with Gasteiger partial charge in [0.2, 0.25) is 0 Å². The Bertz CT molecular complexity index is 375. The number of anilines is 1. The fraction of sp³-hybridized carbons (Fsp3) is 0.455. The van der Waals surface area contributed by atoms with E-state index in [1.807, 2.05) is 12.1 Å². The van der Waals surface area contributed by atoms with Crippen molar-refractivity contribution >= 4 is 5.69 Å². The van der Waals surface area contributed by atoms with Gasteiger partial charge in [-0.05, 0) is 6.07 Å². The average molecular weight is 221 g/mol. The molecule has 1 fully saturated rings. The fourth-order valence-electron chi connectivity index (χ4n) is 1.79. The van der Waals surface area contributed by atoms with Crippen LogP contribution in [0.25, 0.3) is 0 Å². The number of benzene rings is 1. The summed E-state index contributed by atoms with van der Waals surface area (Å²) in [6.45, 7) is 3.38. The lowest BCUT2D eigenvalue weighted by Gasteiger charge is -2.29. The number of rotatable bonds is 3. The Morgan fingerprint density at radius 2 is 2.12 bits per heavy atom. The summed E-state index contributed by atoms with van der Waals surface area (Å²) in [4.78, 5) is 2.17. The minimum absolute atomic E-state index is 0.208. The fourth-order valence-corrected chi connectivity index (χ4v) is 1.79. The minimum Gasteiger partial charge on any atom is -0.508 e. The summed E-state index contributed by atoms with van der Waals surface area (Å²) in [7, 11) is 0. The molecule has 1 aliphatic rings. The molecule has 0 unspecified atom stereocenters. The van der Waals surface area contributed by atoms with E-state index in [2.05, 4.69) is 10.0 Å². The summed E-state index contributed by atoms with van der Waals surface area (Å²) >= 11 is 0. The number of nitrogens with one attached hydrogen (secondary N) is 1. The second-order valence-corrected chi connectivity index (χ2v) is 3.73. The Labute approximate surface area is 94.2 Å². The predicted octanol–water partition coefficient (Wildman–Crippen LogP) is 1.76. The highest BCUT2D eigenvalue weighted by molar-refractivity contribution is 5.53. The highest BCUT2D eigenvalue weighted by Crippen LogP contribution is 2.25. The lowest BCUT2D eigenvalue weighted by atomic mass is 10.1. The first kappa shape index (κ1) is 10.9. The first-order chi connectivity index (χ1) is 7.81. The van der Waals surface area contributed by atoms with Gasteiger partial charge in [-0.3, -0.25) is 0 Å². The number of phenolic OH excluding ortho intramolecular Hbond substituents is 1. The summed E-state index contributed by atoms with van der Waals surface area (Å²) in [5.74, 6) is 0.208. The molecule has 0 saturated carbocycles. The van der Waals surface area contributed by atoms with E-state index in [0.29, 0.717) is 5.56 Å². The molecule has 2 rings (SSSR count). The Kier molecular flexibility index (Phi) is 3.36. The summed E-state index contributed by atoms with van der Waals surface area (Å²) < 4.78 is 5.27. The standard InChI is InChI=1S/C11H15N3O2/c12-13-8-9-1-2-10(7-11(9)15)14-3-5-16-6-4-14/h1-2,7,12,15H,3-6,8H2. The van der Waals surface area contributed by atoms with Crippen molar-refractivity contribution in [2.24, 2.45) is 5.11 Å². The maximum atomic E-state index is 9.75. The van der Waals surface area contributed by atoms with Gasteiger partial charge < -0.3 is 14.7 Å². The van der Waals surface area contributed by atoms with Crippen molar-refractivity contribution in [3.05, 3.63) is 23.8 Å². The van der Waals surface area contributed by atoms with Gasteiger partial charge in [0.25, 0.3) is 0 Å². The third kappa shape index (κ3) is 2.30. The molecule has 86 valence electrons. The number of hydrogen-bond donors (Lipinski definition) is 2. The molecule has 0 amide bonds. The largest absolute Gasteiger partial charge is 0.508 e. The minimum atomic E-state index is 0.208. The van der Waals surface area contributed by atoms with Gasteiger partial charge in [-0.15, -0.1) is 0 Å². The zero-order valence-electron chi connectivity index (χ0n) is 9.02. The average Bonchev–Trinajstić information content (AvgIpc) is 2.33. The number of phenols is 1. The van der Waals surface area contributed by atoms with Crippen molar-refractivity contribution in [3.63, 3.8) is 0 Å². The number of nitrogens with zero attached hydrogens (tertiary/aromatic N) is 2. The number of hydrogen-bond acceptors (Lipinski definition) is 5. The van der Waals surface area contributed by atoms with Crippen LogP contribution in [-0.2, 0) is 11.3 Å². The summed E-state index contributed by atoms with van der Waals surface area (Å²) in [5, 5.41) is 13.0. The van der Waals surface area contributed by atoms with Gasteiger partial charge in [-0.1, -0.05) is 6.07 Å². The van der Waals surface area contributed by atoms with Crippen LogP contribution < -0.4 is 4.90 Å². The SMILES string of the molecule is N=NCc1ccc(N2CCOCC2)cc1O. The van der Waals surface area contributed by atoms with Crippen molar-refractivity contribution in [1.82, 2.24) is 0 Å². The third-order valence-electron chi connectivity index (χ3n) is 2.69. The molecule has 2 N–H and O–H groups in total. The van der Waals surface area contributed by atoms with E-state index >= 15 is 0 Å². The first-order valence-corrected chi connectivity index (χ1v) is 5.29. The number of morpholine rings is 1. The quantitative estimate of drug-likeness (QED) is 0.764. The van der Waals surface area contributed by atoms with Crippen LogP contribution in [0.3, 0.4) is 0 Å². The van der Waals surface area contributed by atoms with Gasteiger partial charge in [0.15, 0.2) is 0 Å². The summed E-state index contributed by atoms with van der Waals surface area (Å²) in [6.07, 6.45) is 0. The first-order valence-electron chi connectivity index (χ1n) is 5.29. The van der Waals surface area contributed by atoms with E-state index < -0.39 is 0 Å². The maximum Gasteiger partial charge on any atom is 0.122 e. The van der Waals surface area contributed by atoms with E-state index in [0.717, 1.165) is 32.0 Å². The topological polar surface area (TPSA) is 68.9 Å². The van der Waals surface area contributed by atoms with Gasteiger partial charge in [0, 0.05) is 30.4 Å². The van der Waals surface area contributed by atoms with Gasteiger partial charge in [0.05, 0.1) is 19.8 Å². The molecule has 0 bridgehead atoms. The third-order valence-corrected chi connectivity index (χ3v) is 2.69. The predicted molar refractivity (Wildman–Crippen MR) is 60.0 cm³/mol. The van der Waals surface area contributed by atoms with Crippen molar-refractivity contribution < 1.29 is 9.84 Å². The molecular formula is C11H15N3O2. The van der Waals surface area contributed by atoms with Crippen LogP contribution in [0.5, 0.6) is 5.75 Å². The van der Waals surface area contributed by atoms with Crippen LogP contribution in [0.2, 0.25) is 0 Å². The number of ether oxygens (including phenoxy) is 1. The van der Waals surface area contributed by atoms with E-state index in [4.69, 9.17) is 10.3 Å². The summed E-state index contributed by atoms with van der Waals surface area (Å²) in [6, 6.07) is 5.50. The molecule has 1 aliphatic heterocycles. The Hall–Kier alpha value is -1.62. The molecule has 16 heavy (non-hydrogen) atoms. The van der Waals surface area contributed by atoms with Gasteiger partial charge in [-0.2, -0.15) is 5.11 Å². The van der Waals surface area contributed by atoms with Crippen molar-refractivity contribution in [2.75, 3.05) is 31.2 Å². The molecule has 1 aromatic carbocycles. The van der Waals surface area contributed by atoms with Crippen molar-refractivity contribution in [3.8, 4) is 5.75 Å². The Balaban J connectivity index is 2.16.